The number of esters is 3. The Labute approximate surface area is 149 Å². The van der Waals surface area contributed by atoms with Crippen LogP contribution in [0.1, 0.15) is 27.7 Å². The number of rotatable bonds is 6. The summed E-state index contributed by atoms with van der Waals surface area (Å²) in [6.07, 6.45) is -3.55. The van der Waals surface area contributed by atoms with Gasteiger partial charge in [0.1, 0.15) is 18.8 Å². The summed E-state index contributed by atoms with van der Waals surface area (Å²) in [4.78, 5) is 59.7. The Morgan fingerprint density at radius 1 is 1.00 bits per heavy atom. The fourth-order valence-electron chi connectivity index (χ4n) is 2.47. The molecular formula is C15H20N2O9. The van der Waals surface area contributed by atoms with Crippen LogP contribution < -0.4 is 5.32 Å². The van der Waals surface area contributed by atoms with Crippen LogP contribution in [0.4, 0.5) is 0 Å². The van der Waals surface area contributed by atoms with Crippen LogP contribution in [-0.2, 0) is 42.9 Å². The van der Waals surface area contributed by atoms with Crippen LogP contribution in [0.25, 0.3) is 0 Å². The summed E-state index contributed by atoms with van der Waals surface area (Å²) in [7, 11) is 0. The van der Waals surface area contributed by atoms with E-state index in [0.717, 1.165) is 20.8 Å². The molecule has 0 aromatic carbocycles. The van der Waals surface area contributed by atoms with E-state index in [1.807, 2.05) is 0 Å². The van der Waals surface area contributed by atoms with Crippen LogP contribution in [-0.4, -0.2) is 67.1 Å². The van der Waals surface area contributed by atoms with Gasteiger partial charge < -0.3 is 24.3 Å². The largest absolute Gasteiger partial charge is 0.463 e. The quantitative estimate of drug-likeness (QED) is 0.268. The van der Waals surface area contributed by atoms with E-state index in [-0.39, 0.29) is 6.61 Å². The van der Waals surface area contributed by atoms with Crippen molar-refractivity contribution in [2.24, 2.45) is 4.99 Å². The third-order valence-corrected chi connectivity index (χ3v) is 3.27. The molecule has 1 fully saturated rings. The topological polar surface area (TPSA) is 147 Å². The predicted octanol–water partition coefficient (Wildman–Crippen LogP) is -1.02. The fraction of sp³-hybridized carbons (Fsp3) is 0.667. The molecule has 0 radical (unpaired) electrons. The molecule has 1 heterocycles. The van der Waals surface area contributed by atoms with Gasteiger partial charge in [-0.1, -0.05) is 0 Å². The van der Waals surface area contributed by atoms with Crippen molar-refractivity contribution in [3.8, 4) is 0 Å². The lowest BCUT2D eigenvalue weighted by molar-refractivity contribution is -0.222. The molecule has 0 aromatic rings. The second kappa shape index (κ2) is 9.64. The first-order valence-corrected chi connectivity index (χ1v) is 7.63. The number of carbonyl (C=O) groups is 4. The van der Waals surface area contributed by atoms with Gasteiger partial charge in [0.15, 0.2) is 18.4 Å². The van der Waals surface area contributed by atoms with Gasteiger partial charge in [0.2, 0.25) is 12.0 Å². The van der Waals surface area contributed by atoms with E-state index in [4.69, 9.17) is 18.9 Å². The van der Waals surface area contributed by atoms with Crippen molar-refractivity contribution in [3.63, 3.8) is 0 Å². The molecule has 1 N–H and O–H groups in total. The smallest absolute Gasteiger partial charge is 0.303 e. The zero-order valence-corrected chi connectivity index (χ0v) is 14.7. The number of carbonyl (C=O) groups excluding carboxylic acids is 5. The number of isocyanates is 1. The Balaban J connectivity index is 3.28. The lowest BCUT2D eigenvalue weighted by atomic mass is 9.95. The van der Waals surface area contributed by atoms with Crippen LogP contribution in [0, 0.1) is 0 Å². The van der Waals surface area contributed by atoms with Crippen LogP contribution in [0.2, 0.25) is 0 Å². The molecule has 0 unspecified atom stereocenters. The van der Waals surface area contributed by atoms with E-state index in [1.54, 1.807) is 0 Å². The number of nitrogens with zero attached hydrogens (tertiary/aromatic N) is 1. The maximum atomic E-state index is 11.5. The lowest BCUT2D eigenvalue weighted by Crippen LogP contribution is -2.65. The molecule has 26 heavy (non-hydrogen) atoms. The van der Waals surface area contributed by atoms with E-state index >= 15 is 0 Å². The summed E-state index contributed by atoms with van der Waals surface area (Å²) in [5.74, 6) is -2.60. The van der Waals surface area contributed by atoms with Gasteiger partial charge in [0, 0.05) is 27.7 Å². The first kappa shape index (κ1) is 21.3. The average molecular weight is 372 g/mol. The number of amides is 1. The third kappa shape index (κ3) is 6.26. The molecule has 1 rings (SSSR count). The van der Waals surface area contributed by atoms with Gasteiger partial charge in [-0.2, -0.15) is 4.99 Å². The highest BCUT2D eigenvalue weighted by Gasteiger charge is 2.50. The molecule has 1 aliphatic heterocycles. The van der Waals surface area contributed by atoms with Crippen molar-refractivity contribution in [2.45, 2.75) is 58.3 Å². The third-order valence-electron chi connectivity index (χ3n) is 3.27. The SMILES string of the molecule is CC(=O)N[C@@H]1[C@@H](OC(C)=O)[C@H](OC(C)=O)[C@@H](COC(C)=O)O[C@H]1N=C=O. The number of nitrogens with one attached hydrogen (secondary N) is 1. The highest BCUT2D eigenvalue weighted by Crippen LogP contribution is 2.27. The fourth-order valence-corrected chi connectivity index (χ4v) is 2.47. The second-order valence-corrected chi connectivity index (χ2v) is 5.46. The minimum absolute atomic E-state index is 0.358. The number of hydrogen-bond donors (Lipinski definition) is 1. The predicted molar refractivity (Wildman–Crippen MR) is 82.1 cm³/mol. The zero-order valence-electron chi connectivity index (χ0n) is 14.7. The molecule has 1 saturated heterocycles. The Hall–Kier alpha value is -2.78. The minimum atomic E-state index is -1.30. The monoisotopic (exact) mass is 372 g/mol. The maximum Gasteiger partial charge on any atom is 0.303 e. The van der Waals surface area contributed by atoms with Crippen LogP contribution in [0.15, 0.2) is 4.99 Å². The van der Waals surface area contributed by atoms with Crippen LogP contribution in [0.5, 0.6) is 0 Å². The second-order valence-electron chi connectivity index (χ2n) is 5.46. The van der Waals surface area contributed by atoms with Gasteiger partial charge in [-0.25, -0.2) is 4.79 Å². The molecule has 144 valence electrons. The van der Waals surface area contributed by atoms with Crippen molar-refractivity contribution < 1.29 is 42.9 Å². The first-order chi connectivity index (χ1) is 12.1. The molecule has 0 saturated carbocycles. The van der Waals surface area contributed by atoms with Crippen molar-refractivity contribution in [1.29, 1.82) is 0 Å². The lowest BCUT2D eigenvalue weighted by Gasteiger charge is -2.43. The Morgan fingerprint density at radius 2 is 1.58 bits per heavy atom. The van der Waals surface area contributed by atoms with E-state index in [0.29, 0.717) is 0 Å². The number of aliphatic imine (C=N–C) groups is 1. The van der Waals surface area contributed by atoms with E-state index in [1.165, 1.54) is 13.0 Å². The summed E-state index contributed by atoms with van der Waals surface area (Å²) in [5, 5.41) is 2.45. The number of ether oxygens (including phenoxy) is 4. The molecular weight excluding hydrogens is 352 g/mol. The summed E-state index contributed by atoms with van der Waals surface area (Å²) >= 11 is 0. The minimum Gasteiger partial charge on any atom is -0.463 e. The van der Waals surface area contributed by atoms with E-state index in [2.05, 4.69) is 10.3 Å². The summed E-state index contributed by atoms with van der Waals surface area (Å²) in [5.41, 5.74) is 0. The summed E-state index contributed by atoms with van der Waals surface area (Å²) in [6.45, 7) is 4.23. The molecule has 0 aliphatic carbocycles. The summed E-state index contributed by atoms with van der Waals surface area (Å²) in [6, 6.07) is -1.13. The molecule has 0 spiro atoms. The average Bonchev–Trinajstić information content (AvgIpc) is 2.50. The maximum absolute atomic E-state index is 11.5. The summed E-state index contributed by atoms with van der Waals surface area (Å²) < 4.78 is 20.7. The zero-order chi connectivity index (χ0) is 19.9. The molecule has 0 bridgehead atoms. The van der Waals surface area contributed by atoms with Gasteiger partial charge in [0.25, 0.3) is 0 Å². The van der Waals surface area contributed by atoms with Crippen molar-refractivity contribution >= 4 is 29.9 Å². The molecule has 11 nitrogen and oxygen atoms in total. The highest BCUT2D eigenvalue weighted by molar-refractivity contribution is 5.73. The number of hydrogen-bond acceptors (Lipinski definition) is 10. The molecule has 0 aromatic heterocycles. The van der Waals surface area contributed by atoms with Crippen molar-refractivity contribution in [3.05, 3.63) is 0 Å². The van der Waals surface area contributed by atoms with Crippen LogP contribution in [0.3, 0.4) is 0 Å². The van der Waals surface area contributed by atoms with Gasteiger partial charge in [-0.15, -0.1) is 0 Å². The Bertz CT molecular complexity index is 614. The van der Waals surface area contributed by atoms with Crippen molar-refractivity contribution in [2.75, 3.05) is 6.61 Å². The van der Waals surface area contributed by atoms with Gasteiger partial charge in [-0.3, -0.25) is 19.2 Å². The normalized spacial score (nSPS) is 27.5. The standard InChI is InChI=1S/C15H20N2O9/c1-7(19)17-12-14(25-10(4)22)13(24-9(3)21)11(5-23-8(2)20)26-15(12)16-6-18/h11-15H,5H2,1-4H3,(H,17,19)/t11-,12-,13-,14-,15-/m1/s1. The van der Waals surface area contributed by atoms with E-state index in [9.17, 15) is 24.0 Å². The Morgan fingerprint density at radius 3 is 2.04 bits per heavy atom. The molecule has 1 aliphatic rings. The van der Waals surface area contributed by atoms with Gasteiger partial charge >= 0.3 is 17.9 Å². The van der Waals surface area contributed by atoms with Crippen LogP contribution >= 0.6 is 0 Å². The molecule has 1 amide bonds. The molecule has 5 atom stereocenters. The molecule has 11 heteroatoms. The van der Waals surface area contributed by atoms with E-state index < -0.39 is 54.4 Å². The highest BCUT2D eigenvalue weighted by atomic mass is 16.6. The Kier molecular flexibility index (Phi) is 7.88. The van der Waals surface area contributed by atoms with Gasteiger partial charge in [0.05, 0.1) is 0 Å². The first-order valence-electron chi connectivity index (χ1n) is 7.63. The van der Waals surface area contributed by atoms with Gasteiger partial charge in [-0.05, 0) is 0 Å². The van der Waals surface area contributed by atoms with Crippen molar-refractivity contribution in [1.82, 2.24) is 5.32 Å².